The lowest BCUT2D eigenvalue weighted by atomic mass is 10.1. The summed E-state index contributed by atoms with van der Waals surface area (Å²) in [6.45, 7) is 0. The normalized spacial score (nSPS) is 14.6. The smallest absolute Gasteiger partial charge is 0.289 e. The molecule has 1 amide bonds. The molecule has 17 heavy (non-hydrogen) atoms. The first-order chi connectivity index (χ1) is 8.34. The van der Waals surface area contributed by atoms with Crippen molar-refractivity contribution in [3.05, 3.63) is 42.5 Å². The Morgan fingerprint density at radius 2 is 2.06 bits per heavy atom. The number of carbonyl (C=O) groups excluding carboxylic acids is 1. The van der Waals surface area contributed by atoms with Gasteiger partial charge in [-0.3, -0.25) is 4.79 Å². The van der Waals surface area contributed by atoms with Gasteiger partial charge in [0.2, 0.25) is 5.76 Å². The van der Waals surface area contributed by atoms with Crippen molar-refractivity contribution in [2.24, 2.45) is 0 Å². The summed E-state index contributed by atoms with van der Waals surface area (Å²) in [6, 6.07) is 9.88. The highest BCUT2D eigenvalue weighted by Gasteiger charge is 2.27. The van der Waals surface area contributed by atoms with Gasteiger partial charge >= 0.3 is 0 Å². The monoisotopic (exact) mass is 228 g/mol. The Morgan fingerprint density at radius 3 is 2.76 bits per heavy atom. The Hall–Kier alpha value is -2.10. The molecule has 1 saturated carbocycles. The van der Waals surface area contributed by atoms with Crippen molar-refractivity contribution in [2.45, 2.75) is 18.9 Å². The molecule has 1 aromatic heterocycles. The Labute approximate surface area is 98.7 Å². The summed E-state index contributed by atoms with van der Waals surface area (Å²) < 4.78 is 5.19. The Bertz CT molecular complexity index is 529. The van der Waals surface area contributed by atoms with Gasteiger partial charge in [0.25, 0.3) is 5.91 Å². The molecule has 0 unspecified atom stereocenters. The molecule has 0 aliphatic heterocycles. The van der Waals surface area contributed by atoms with Gasteiger partial charge in [-0.15, -0.1) is 0 Å². The van der Waals surface area contributed by atoms with Crippen LogP contribution in [0.4, 0.5) is 0 Å². The fourth-order valence-electron chi connectivity index (χ4n) is 1.69. The molecule has 86 valence electrons. The average molecular weight is 228 g/mol. The minimum Gasteiger partial charge on any atom is -0.438 e. The van der Waals surface area contributed by atoms with Crippen LogP contribution in [0.3, 0.4) is 0 Å². The number of oxazole rings is 1. The molecule has 4 heteroatoms. The quantitative estimate of drug-likeness (QED) is 0.876. The topological polar surface area (TPSA) is 55.1 Å². The number of hydrogen-bond donors (Lipinski definition) is 1. The molecular weight excluding hydrogens is 216 g/mol. The van der Waals surface area contributed by atoms with Gasteiger partial charge in [-0.2, -0.15) is 0 Å². The third-order valence-electron chi connectivity index (χ3n) is 2.73. The number of amides is 1. The highest BCUT2D eigenvalue weighted by Crippen LogP contribution is 2.24. The zero-order valence-electron chi connectivity index (χ0n) is 9.22. The minimum atomic E-state index is -0.177. The fourth-order valence-corrected chi connectivity index (χ4v) is 1.69. The first-order valence-corrected chi connectivity index (χ1v) is 5.64. The molecule has 0 radical (unpaired) electrons. The van der Waals surface area contributed by atoms with Crippen LogP contribution in [-0.4, -0.2) is 16.9 Å². The van der Waals surface area contributed by atoms with Crippen LogP contribution >= 0.6 is 0 Å². The Balaban J connectivity index is 1.90. The molecule has 1 aliphatic rings. The number of benzene rings is 1. The van der Waals surface area contributed by atoms with Crippen LogP contribution in [0, 0.1) is 0 Å². The SMILES string of the molecule is O=C(NC1CC1)c1ocnc1-c1ccccc1. The van der Waals surface area contributed by atoms with E-state index >= 15 is 0 Å². The second-order valence-corrected chi connectivity index (χ2v) is 4.14. The Kier molecular flexibility index (Phi) is 2.40. The first-order valence-electron chi connectivity index (χ1n) is 5.64. The van der Waals surface area contributed by atoms with Crippen LogP contribution in [0.15, 0.2) is 41.1 Å². The molecule has 1 aliphatic carbocycles. The van der Waals surface area contributed by atoms with Crippen molar-refractivity contribution in [3.63, 3.8) is 0 Å². The summed E-state index contributed by atoms with van der Waals surface area (Å²) >= 11 is 0. The minimum absolute atomic E-state index is 0.177. The van der Waals surface area contributed by atoms with E-state index in [-0.39, 0.29) is 5.91 Å². The molecule has 1 fully saturated rings. The molecule has 0 saturated heterocycles. The summed E-state index contributed by atoms with van der Waals surface area (Å²) in [5.41, 5.74) is 1.49. The van der Waals surface area contributed by atoms with E-state index in [1.807, 2.05) is 30.3 Å². The molecule has 0 atom stereocenters. The summed E-state index contributed by atoms with van der Waals surface area (Å²) in [4.78, 5) is 16.0. The maximum atomic E-state index is 11.9. The summed E-state index contributed by atoms with van der Waals surface area (Å²) in [5.74, 6) is 0.118. The van der Waals surface area contributed by atoms with E-state index in [1.54, 1.807) is 0 Å². The average Bonchev–Trinajstić information content (AvgIpc) is 3.04. The maximum absolute atomic E-state index is 11.9. The van der Waals surface area contributed by atoms with Crippen LogP contribution in [0.5, 0.6) is 0 Å². The van der Waals surface area contributed by atoms with Crippen molar-refractivity contribution < 1.29 is 9.21 Å². The van der Waals surface area contributed by atoms with E-state index < -0.39 is 0 Å². The highest BCUT2D eigenvalue weighted by atomic mass is 16.3. The van der Waals surface area contributed by atoms with Gasteiger partial charge in [-0.1, -0.05) is 30.3 Å². The second kappa shape index (κ2) is 4.05. The van der Waals surface area contributed by atoms with Gasteiger partial charge in [0.05, 0.1) is 0 Å². The summed E-state index contributed by atoms with van der Waals surface area (Å²) in [5, 5.41) is 2.89. The molecule has 1 aromatic carbocycles. The van der Waals surface area contributed by atoms with Crippen molar-refractivity contribution in [3.8, 4) is 11.3 Å². The van der Waals surface area contributed by atoms with E-state index in [9.17, 15) is 4.79 Å². The van der Waals surface area contributed by atoms with E-state index in [2.05, 4.69) is 10.3 Å². The predicted molar refractivity (Wildman–Crippen MR) is 62.4 cm³/mol. The number of aromatic nitrogens is 1. The number of carbonyl (C=O) groups is 1. The van der Waals surface area contributed by atoms with Gasteiger partial charge in [0.1, 0.15) is 5.69 Å². The van der Waals surface area contributed by atoms with Crippen LogP contribution in [-0.2, 0) is 0 Å². The molecule has 2 aromatic rings. The number of hydrogen-bond acceptors (Lipinski definition) is 3. The molecule has 1 N–H and O–H groups in total. The molecule has 0 bridgehead atoms. The van der Waals surface area contributed by atoms with Crippen LogP contribution < -0.4 is 5.32 Å². The van der Waals surface area contributed by atoms with Crippen molar-refractivity contribution in [1.82, 2.24) is 10.3 Å². The highest BCUT2D eigenvalue weighted by molar-refractivity contribution is 5.97. The largest absolute Gasteiger partial charge is 0.438 e. The van der Waals surface area contributed by atoms with E-state index in [4.69, 9.17) is 4.42 Å². The first kappa shape index (κ1) is 10.1. The van der Waals surface area contributed by atoms with Crippen LogP contribution in [0.25, 0.3) is 11.3 Å². The third kappa shape index (κ3) is 2.06. The fraction of sp³-hybridized carbons (Fsp3) is 0.231. The summed E-state index contributed by atoms with van der Waals surface area (Å²) in [6.07, 6.45) is 3.42. The standard InChI is InChI=1S/C13H12N2O2/c16-13(15-10-6-7-10)12-11(14-8-17-12)9-4-2-1-3-5-9/h1-5,8,10H,6-7H2,(H,15,16). The second-order valence-electron chi connectivity index (χ2n) is 4.14. The van der Waals surface area contributed by atoms with Crippen molar-refractivity contribution >= 4 is 5.91 Å². The predicted octanol–water partition coefficient (Wildman–Crippen LogP) is 2.23. The van der Waals surface area contributed by atoms with Crippen LogP contribution in [0.2, 0.25) is 0 Å². The van der Waals surface area contributed by atoms with Gasteiger partial charge in [0.15, 0.2) is 6.39 Å². The number of rotatable bonds is 3. The lowest BCUT2D eigenvalue weighted by Gasteiger charge is -2.02. The van der Waals surface area contributed by atoms with Crippen molar-refractivity contribution in [2.75, 3.05) is 0 Å². The molecule has 3 rings (SSSR count). The molecular formula is C13H12N2O2. The lowest BCUT2D eigenvalue weighted by Crippen LogP contribution is -2.25. The molecule has 0 spiro atoms. The number of nitrogens with zero attached hydrogens (tertiary/aromatic N) is 1. The zero-order valence-corrected chi connectivity index (χ0v) is 9.22. The van der Waals surface area contributed by atoms with E-state index in [0.29, 0.717) is 17.5 Å². The zero-order chi connectivity index (χ0) is 11.7. The summed E-state index contributed by atoms with van der Waals surface area (Å²) in [7, 11) is 0. The molecule has 1 heterocycles. The van der Waals surface area contributed by atoms with Crippen molar-refractivity contribution in [1.29, 1.82) is 0 Å². The van der Waals surface area contributed by atoms with Gasteiger partial charge < -0.3 is 9.73 Å². The molecule has 4 nitrogen and oxygen atoms in total. The van der Waals surface area contributed by atoms with Crippen LogP contribution in [0.1, 0.15) is 23.4 Å². The van der Waals surface area contributed by atoms with Gasteiger partial charge in [0, 0.05) is 11.6 Å². The maximum Gasteiger partial charge on any atom is 0.289 e. The Morgan fingerprint density at radius 1 is 1.29 bits per heavy atom. The van der Waals surface area contributed by atoms with E-state index in [1.165, 1.54) is 6.39 Å². The van der Waals surface area contributed by atoms with Gasteiger partial charge in [-0.25, -0.2) is 4.98 Å². The van der Waals surface area contributed by atoms with E-state index in [0.717, 1.165) is 18.4 Å². The van der Waals surface area contributed by atoms with Gasteiger partial charge in [-0.05, 0) is 12.8 Å². The third-order valence-corrected chi connectivity index (χ3v) is 2.73. The number of nitrogens with one attached hydrogen (secondary N) is 1. The lowest BCUT2D eigenvalue weighted by molar-refractivity contribution is 0.0924.